The molecule has 0 aliphatic carbocycles. The van der Waals surface area contributed by atoms with Crippen LogP contribution in [0.4, 0.5) is 9.18 Å². The van der Waals surface area contributed by atoms with Gasteiger partial charge in [0.2, 0.25) is 0 Å². The van der Waals surface area contributed by atoms with Crippen LogP contribution in [0.3, 0.4) is 0 Å². The molecule has 24 heavy (non-hydrogen) atoms. The van der Waals surface area contributed by atoms with Crippen molar-refractivity contribution in [1.29, 1.82) is 0 Å². The fourth-order valence-electron chi connectivity index (χ4n) is 1.93. The van der Waals surface area contributed by atoms with Gasteiger partial charge in [0.05, 0.1) is 0 Å². The summed E-state index contributed by atoms with van der Waals surface area (Å²) in [6, 6.07) is 7.59. The highest BCUT2D eigenvalue weighted by molar-refractivity contribution is 5.94. The molecule has 0 saturated heterocycles. The second kappa shape index (κ2) is 8.61. The fourth-order valence-corrected chi connectivity index (χ4v) is 1.93. The van der Waals surface area contributed by atoms with E-state index in [-0.39, 0.29) is 30.6 Å². The number of amides is 3. The molecule has 0 aliphatic heterocycles. The van der Waals surface area contributed by atoms with Gasteiger partial charge in [-0.25, -0.2) is 9.18 Å². The predicted molar refractivity (Wildman–Crippen MR) is 87.9 cm³/mol. The molecule has 0 unspecified atom stereocenters. The Labute approximate surface area is 139 Å². The number of aromatic nitrogens is 1. The largest absolute Gasteiger partial charge is 0.350 e. The number of rotatable bonds is 6. The van der Waals surface area contributed by atoms with Gasteiger partial charge in [-0.2, -0.15) is 0 Å². The molecule has 3 amide bonds. The van der Waals surface area contributed by atoms with E-state index in [0.29, 0.717) is 12.1 Å². The van der Waals surface area contributed by atoms with Gasteiger partial charge in [0.1, 0.15) is 5.82 Å². The van der Waals surface area contributed by atoms with Gasteiger partial charge in [-0.1, -0.05) is 6.07 Å². The van der Waals surface area contributed by atoms with E-state index in [9.17, 15) is 14.0 Å². The fraction of sp³-hybridized carbons (Fsp3) is 0.235. The van der Waals surface area contributed by atoms with Crippen LogP contribution in [0.25, 0.3) is 0 Å². The summed E-state index contributed by atoms with van der Waals surface area (Å²) in [7, 11) is 0. The molecule has 2 aromatic rings. The quantitative estimate of drug-likeness (QED) is 0.706. The third kappa shape index (κ3) is 5.35. The number of nitrogens with one attached hydrogen (secondary N) is 3. The Balaban J connectivity index is 1.65. The highest BCUT2D eigenvalue weighted by Gasteiger charge is 2.07. The predicted octanol–water partition coefficient (Wildman–Crippen LogP) is 1.76. The normalized spacial score (nSPS) is 10.1. The van der Waals surface area contributed by atoms with Crippen LogP contribution in [0.5, 0.6) is 0 Å². The summed E-state index contributed by atoms with van der Waals surface area (Å²) in [6.07, 6.45) is 3.30. The molecule has 1 aromatic heterocycles. The first-order chi connectivity index (χ1) is 11.6. The monoisotopic (exact) mass is 330 g/mol. The average Bonchev–Trinajstić information content (AvgIpc) is 2.60. The second-order valence-electron chi connectivity index (χ2n) is 5.18. The molecule has 0 spiro atoms. The number of pyridine rings is 1. The molecule has 1 aromatic carbocycles. The maximum atomic E-state index is 13.4. The first kappa shape index (κ1) is 17.4. The average molecular weight is 330 g/mol. The first-order valence-corrected chi connectivity index (χ1v) is 7.51. The Morgan fingerprint density at radius 3 is 2.46 bits per heavy atom. The maximum Gasteiger partial charge on any atom is 0.315 e. The summed E-state index contributed by atoms with van der Waals surface area (Å²) < 4.78 is 13.4. The summed E-state index contributed by atoms with van der Waals surface area (Å²) in [6.45, 7) is 2.54. The first-order valence-electron chi connectivity index (χ1n) is 7.51. The molecular weight excluding hydrogens is 311 g/mol. The molecule has 3 N–H and O–H groups in total. The van der Waals surface area contributed by atoms with Gasteiger partial charge in [0, 0.05) is 37.6 Å². The zero-order valence-electron chi connectivity index (χ0n) is 13.3. The van der Waals surface area contributed by atoms with Gasteiger partial charge in [-0.3, -0.25) is 9.78 Å². The number of aryl methyl sites for hydroxylation is 1. The van der Waals surface area contributed by atoms with Gasteiger partial charge in [-0.15, -0.1) is 0 Å². The minimum atomic E-state index is -0.420. The van der Waals surface area contributed by atoms with Crippen LogP contribution in [0.1, 0.15) is 21.5 Å². The zero-order valence-corrected chi connectivity index (χ0v) is 13.3. The van der Waals surface area contributed by atoms with E-state index in [1.165, 1.54) is 6.07 Å². The molecule has 0 saturated carbocycles. The van der Waals surface area contributed by atoms with E-state index >= 15 is 0 Å². The van der Waals surface area contributed by atoms with Gasteiger partial charge in [-0.05, 0) is 42.3 Å². The lowest BCUT2D eigenvalue weighted by molar-refractivity contribution is 0.0953. The smallest absolute Gasteiger partial charge is 0.315 e. The Morgan fingerprint density at radius 2 is 1.75 bits per heavy atom. The Morgan fingerprint density at radius 1 is 1.04 bits per heavy atom. The van der Waals surface area contributed by atoms with Crippen molar-refractivity contribution < 1.29 is 14.0 Å². The molecule has 2 rings (SSSR count). The lowest BCUT2D eigenvalue weighted by Gasteiger charge is -2.09. The summed E-state index contributed by atoms with van der Waals surface area (Å²) in [5.41, 5.74) is 1.68. The van der Waals surface area contributed by atoms with Gasteiger partial charge < -0.3 is 16.0 Å². The van der Waals surface area contributed by atoms with Crippen LogP contribution in [-0.2, 0) is 6.54 Å². The highest BCUT2D eigenvalue weighted by atomic mass is 19.1. The Bertz CT molecular complexity index is 707. The van der Waals surface area contributed by atoms with E-state index < -0.39 is 5.82 Å². The van der Waals surface area contributed by atoms with Crippen molar-refractivity contribution in [1.82, 2.24) is 20.9 Å². The van der Waals surface area contributed by atoms with Crippen molar-refractivity contribution >= 4 is 11.9 Å². The van der Waals surface area contributed by atoms with Crippen LogP contribution in [0.15, 0.2) is 42.7 Å². The Hall–Kier alpha value is -2.96. The number of urea groups is 1. The maximum absolute atomic E-state index is 13.4. The Kier molecular flexibility index (Phi) is 6.24. The minimum absolute atomic E-state index is 0.247. The van der Waals surface area contributed by atoms with E-state index in [1.807, 2.05) is 0 Å². The summed E-state index contributed by atoms with van der Waals surface area (Å²) in [5, 5.41) is 7.94. The van der Waals surface area contributed by atoms with Crippen LogP contribution in [0.2, 0.25) is 0 Å². The van der Waals surface area contributed by atoms with Crippen molar-refractivity contribution in [3.05, 3.63) is 65.2 Å². The standard InChI is InChI=1S/C17H19FN4O2/c1-12-2-3-14(10-15(12)18)16(23)20-8-9-21-17(24)22-11-13-4-6-19-7-5-13/h2-7,10H,8-9,11H2,1H3,(H,20,23)(H2,21,22,24). The van der Waals surface area contributed by atoms with E-state index in [0.717, 1.165) is 5.56 Å². The van der Waals surface area contributed by atoms with E-state index in [2.05, 4.69) is 20.9 Å². The van der Waals surface area contributed by atoms with Crippen molar-refractivity contribution in [2.45, 2.75) is 13.5 Å². The number of benzene rings is 1. The van der Waals surface area contributed by atoms with Crippen molar-refractivity contribution in [3.8, 4) is 0 Å². The van der Waals surface area contributed by atoms with E-state index in [4.69, 9.17) is 0 Å². The third-order valence-electron chi connectivity index (χ3n) is 3.33. The SMILES string of the molecule is Cc1ccc(C(=O)NCCNC(=O)NCc2ccncc2)cc1F. The number of carbonyl (C=O) groups excluding carboxylic acids is 2. The van der Waals surface area contributed by atoms with E-state index in [1.54, 1.807) is 43.6 Å². The summed E-state index contributed by atoms with van der Waals surface area (Å²) in [4.78, 5) is 27.4. The van der Waals surface area contributed by atoms with Crippen LogP contribution in [-0.4, -0.2) is 30.0 Å². The third-order valence-corrected chi connectivity index (χ3v) is 3.33. The molecular formula is C17H19FN4O2. The second-order valence-corrected chi connectivity index (χ2v) is 5.18. The van der Waals surface area contributed by atoms with Gasteiger partial charge in [0.25, 0.3) is 5.91 Å². The lowest BCUT2D eigenvalue weighted by atomic mass is 10.1. The number of halogens is 1. The topological polar surface area (TPSA) is 83.1 Å². The summed E-state index contributed by atoms with van der Waals surface area (Å²) >= 11 is 0. The lowest BCUT2D eigenvalue weighted by Crippen LogP contribution is -2.40. The molecule has 0 radical (unpaired) electrons. The highest BCUT2D eigenvalue weighted by Crippen LogP contribution is 2.08. The number of nitrogens with zero attached hydrogens (tertiary/aromatic N) is 1. The number of hydrogen-bond acceptors (Lipinski definition) is 3. The molecule has 6 nitrogen and oxygen atoms in total. The molecule has 126 valence electrons. The van der Waals surface area contributed by atoms with Crippen LogP contribution >= 0.6 is 0 Å². The molecule has 7 heteroatoms. The van der Waals surface area contributed by atoms with Crippen LogP contribution < -0.4 is 16.0 Å². The van der Waals surface area contributed by atoms with Crippen molar-refractivity contribution in [2.75, 3.05) is 13.1 Å². The molecule has 0 atom stereocenters. The molecule has 0 bridgehead atoms. The van der Waals surface area contributed by atoms with Crippen molar-refractivity contribution in [2.24, 2.45) is 0 Å². The zero-order chi connectivity index (χ0) is 17.4. The number of hydrogen-bond donors (Lipinski definition) is 3. The molecule has 1 heterocycles. The molecule has 0 fully saturated rings. The van der Waals surface area contributed by atoms with Gasteiger partial charge >= 0.3 is 6.03 Å². The summed E-state index contributed by atoms with van der Waals surface area (Å²) in [5.74, 6) is -0.802. The minimum Gasteiger partial charge on any atom is -0.350 e. The number of carbonyl (C=O) groups is 2. The van der Waals surface area contributed by atoms with Crippen molar-refractivity contribution in [3.63, 3.8) is 0 Å². The van der Waals surface area contributed by atoms with Crippen LogP contribution in [0, 0.1) is 12.7 Å². The molecule has 0 aliphatic rings. The van der Waals surface area contributed by atoms with Gasteiger partial charge in [0.15, 0.2) is 0 Å².